The number of rotatable bonds is 5. The number of nitrogens with zero attached hydrogens (tertiary/aromatic N) is 2. The molecule has 2 amide bonds. The van der Waals surface area contributed by atoms with Crippen molar-refractivity contribution in [3.05, 3.63) is 69.1 Å². The number of amides is 2. The van der Waals surface area contributed by atoms with Gasteiger partial charge in [0, 0.05) is 16.1 Å². The number of aromatic nitrogens is 2. The van der Waals surface area contributed by atoms with Crippen LogP contribution < -0.4 is 10.6 Å². The Balaban J connectivity index is 1.50. The maximum Gasteiger partial charge on any atom is 0.276 e. The summed E-state index contributed by atoms with van der Waals surface area (Å²) in [6, 6.07) is 10.9. The van der Waals surface area contributed by atoms with E-state index >= 15 is 0 Å². The number of carbonyl (C=O) groups is 2. The highest BCUT2D eigenvalue weighted by molar-refractivity contribution is 7.22. The molecule has 0 fully saturated rings. The number of hydrogen-bond acceptors (Lipinski definition) is 6. The van der Waals surface area contributed by atoms with Gasteiger partial charge in [0.2, 0.25) is 5.91 Å². The number of anilines is 2. The van der Waals surface area contributed by atoms with E-state index in [1.165, 1.54) is 22.7 Å². The minimum absolute atomic E-state index is 0.132. The van der Waals surface area contributed by atoms with Crippen LogP contribution in [0.15, 0.2) is 47.3 Å². The lowest BCUT2D eigenvalue weighted by atomic mass is 10.1. The Morgan fingerprint density at radius 1 is 1.17 bits per heavy atom. The first kappa shape index (κ1) is 19.5. The molecule has 4 aromatic rings. The van der Waals surface area contributed by atoms with Crippen LogP contribution in [0.4, 0.5) is 10.8 Å². The lowest BCUT2D eigenvalue weighted by Gasteiger charge is -2.07. The van der Waals surface area contributed by atoms with Gasteiger partial charge in [-0.05, 0) is 42.3 Å². The summed E-state index contributed by atoms with van der Waals surface area (Å²) in [5.41, 5.74) is 5.19. The largest absolute Gasteiger partial charge is 0.326 e. The van der Waals surface area contributed by atoms with Crippen molar-refractivity contribution in [3.8, 4) is 0 Å². The molecule has 0 radical (unpaired) electrons. The molecule has 2 aromatic heterocycles. The molecular formula is C20H15ClN4O2S2. The Morgan fingerprint density at radius 2 is 2.03 bits per heavy atom. The molecule has 0 spiro atoms. The average Bonchev–Trinajstić information content (AvgIpc) is 3.31. The van der Waals surface area contributed by atoms with Gasteiger partial charge in [-0.2, -0.15) is 0 Å². The lowest BCUT2D eigenvalue weighted by molar-refractivity contribution is -0.115. The van der Waals surface area contributed by atoms with E-state index < -0.39 is 0 Å². The van der Waals surface area contributed by atoms with Gasteiger partial charge in [-0.3, -0.25) is 14.9 Å². The number of thiazole rings is 2. The summed E-state index contributed by atoms with van der Waals surface area (Å²) in [5.74, 6) is -0.425. The molecule has 4 rings (SSSR count). The summed E-state index contributed by atoms with van der Waals surface area (Å²) >= 11 is 8.68. The van der Waals surface area contributed by atoms with Gasteiger partial charge >= 0.3 is 0 Å². The van der Waals surface area contributed by atoms with Crippen molar-refractivity contribution in [2.75, 3.05) is 10.6 Å². The van der Waals surface area contributed by atoms with Gasteiger partial charge < -0.3 is 5.32 Å². The minimum Gasteiger partial charge on any atom is -0.326 e. The number of halogens is 1. The molecule has 146 valence electrons. The normalized spacial score (nSPS) is 10.8. The second-order valence-corrected chi connectivity index (χ2v) is 8.53. The second-order valence-electron chi connectivity index (χ2n) is 6.34. The molecule has 9 heteroatoms. The SMILES string of the molecule is Cc1cc(NC(=O)Cc2cccc(Cl)c2)cc2sc(NC(=O)c3cscn3)nc12. The molecule has 0 bridgehead atoms. The molecule has 29 heavy (non-hydrogen) atoms. The van der Waals surface area contributed by atoms with Gasteiger partial charge in [0.05, 0.1) is 22.1 Å². The summed E-state index contributed by atoms with van der Waals surface area (Å²) in [6.45, 7) is 1.92. The van der Waals surface area contributed by atoms with E-state index in [-0.39, 0.29) is 18.2 Å². The van der Waals surface area contributed by atoms with E-state index in [2.05, 4.69) is 20.6 Å². The van der Waals surface area contributed by atoms with E-state index in [1.54, 1.807) is 23.0 Å². The van der Waals surface area contributed by atoms with E-state index in [4.69, 9.17) is 11.6 Å². The fraction of sp³-hybridized carbons (Fsp3) is 0.100. The van der Waals surface area contributed by atoms with Crippen molar-refractivity contribution in [2.24, 2.45) is 0 Å². The lowest BCUT2D eigenvalue weighted by Crippen LogP contribution is -2.14. The Hall–Kier alpha value is -2.81. The van der Waals surface area contributed by atoms with Crippen molar-refractivity contribution in [3.63, 3.8) is 0 Å². The summed E-state index contributed by atoms with van der Waals surface area (Å²) in [5, 5.41) is 8.46. The van der Waals surface area contributed by atoms with E-state index in [1.807, 2.05) is 31.2 Å². The van der Waals surface area contributed by atoms with E-state index in [9.17, 15) is 9.59 Å². The standard InChI is InChI=1S/C20H15ClN4O2S2/c1-11-5-14(23-17(26)7-12-3-2-4-13(21)6-12)8-16-18(11)24-20(29-16)25-19(27)15-9-28-10-22-15/h2-6,8-10H,7H2,1H3,(H,23,26)(H,24,25,27). The maximum absolute atomic E-state index is 12.4. The van der Waals surface area contributed by atoms with Crippen molar-refractivity contribution in [1.29, 1.82) is 0 Å². The number of carbonyl (C=O) groups excluding carboxylic acids is 2. The highest BCUT2D eigenvalue weighted by atomic mass is 35.5. The molecule has 0 atom stereocenters. The van der Waals surface area contributed by atoms with Crippen molar-refractivity contribution in [1.82, 2.24) is 9.97 Å². The fourth-order valence-corrected chi connectivity index (χ4v) is 4.57. The van der Waals surface area contributed by atoms with E-state index in [0.29, 0.717) is 21.5 Å². The van der Waals surface area contributed by atoms with Crippen LogP contribution in [-0.4, -0.2) is 21.8 Å². The van der Waals surface area contributed by atoms with Crippen LogP contribution in [-0.2, 0) is 11.2 Å². The van der Waals surface area contributed by atoms with Gasteiger partial charge in [0.25, 0.3) is 5.91 Å². The highest BCUT2D eigenvalue weighted by Gasteiger charge is 2.14. The molecular weight excluding hydrogens is 428 g/mol. The first-order chi connectivity index (χ1) is 14.0. The molecule has 0 aliphatic carbocycles. The van der Waals surface area contributed by atoms with Crippen LogP contribution in [0, 0.1) is 6.92 Å². The predicted molar refractivity (Wildman–Crippen MR) is 118 cm³/mol. The fourth-order valence-electron chi connectivity index (χ4n) is 2.85. The Morgan fingerprint density at radius 3 is 2.79 bits per heavy atom. The Bertz CT molecular complexity index is 1200. The third-order valence-electron chi connectivity index (χ3n) is 4.11. The highest BCUT2D eigenvalue weighted by Crippen LogP contribution is 2.31. The van der Waals surface area contributed by atoms with Crippen LogP contribution in [0.1, 0.15) is 21.6 Å². The van der Waals surface area contributed by atoms with E-state index in [0.717, 1.165) is 21.3 Å². The molecule has 6 nitrogen and oxygen atoms in total. The first-order valence-electron chi connectivity index (χ1n) is 8.63. The minimum atomic E-state index is -0.294. The zero-order chi connectivity index (χ0) is 20.4. The molecule has 2 N–H and O–H groups in total. The topological polar surface area (TPSA) is 84.0 Å². The summed E-state index contributed by atoms with van der Waals surface area (Å²) in [6.07, 6.45) is 0.231. The number of nitrogens with one attached hydrogen (secondary N) is 2. The molecule has 0 unspecified atom stereocenters. The van der Waals surface area contributed by atoms with Gasteiger partial charge in [-0.25, -0.2) is 9.97 Å². The average molecular weight is 443 g/mol. The third kappa shape index (κ3) is 4.61. The number of hydrogen-bond donors (Lipinski definition) is 2. The third-order valence-corrected chi connectivity index (χ3v) is 5.85. The smallest absolute Gasteiger partial charge is 0.276 e. The Labute approximate surface area is 179 Å². The summed E-state index contributed by atoms with van der Waals surface area (Å²) < 4.78 is 0.872. The van der Waals surface area contributed by atoms with Crippen LogP contribution in [0.3, 0.4) is 0 Å². The molecule has 0 aliphatic heterocycles. The van der Waals surface area contributed by atoms with Crippen LogP contribution in [0.2, 0.25) is 5.02 Å². The quantitative estimate of drug-likeness (QED) is 0.447. The predicted octanol–water partition coefficient (Wildman–Crippen LogP) is 5.15. The van der Waals surface area contributed by atoms with Crippen molar-refractivity contribution in [2.45, 2.75) is 13.3 Å². The van der Waals surface area contributed by atoms with Crippen LogP contribution in [0.5, 0.6) is 0 Å². The van der Waals surface area contributed by atoms with Gasteiger partial charge in [-0.15, -0.1) is 11.3 Å². The molecule has 0 saturated heterocycles. The first-order valence-corrected chi connectivity index (χ1v) is 10.8. The van der Waals surface area contributed by atoms with Crippen molar-refractivity contribution < 1.29 is 9.59 Å². The van der Waals surface area contributed by atoms with Crippen LogP contribution >= 0.6 is 34.3 Å². The monoisotopic (exact) mass is 442 g/mol. The van der Waals surface area contributed by atoms with Gasteiger partial charge in [-0.1, -0.05) is 35.1 Å². The van der Waals surface area contributed by atoms with Gasteiger partial charge in [0.15, 0.2) is 5.13 Å². The zero-order valence-corrected chi connectivity index (χ0v) is 17.6. The summed E-state index contributed by atoms with van der Waals surface area (Å²) in [4.78, 5) is 33.1. The number of fused-ring (bicyclic) bond motifs is 1. The molecule has 0 saturated carbocycles. The van der Waals surface area contributed by atoms with Gasteiger partial charge in [0.1, 0.15) is 5.69 Å². The number of aryl methyl sites for hydroxylation is 1. The number of benzene rings is 2. The maximum atomic E-state index is 12.4. The van der Waals surface area contributed by atoms with Crippen LogP contribution in [0.25, 0.3) is 10.2 Å². The summed E-state index contributed by atoms with van der Waals surface area (Å²) in [7, 11) is 0. The molecule has 0 aliphatic rings. The molecule has 2 heterocycles. The van der Waals surface area contributed by atoms with Crippen molar-refractivity contribution >= 4 is 67.1 Å². The second kappa shape index (κ2) is 8.28. The molecule has 2 aromatic carbocycles. The zero-order valence-electron chi connectivity index (χ0n) is 15.2. The Kier molecular flexibility index (Phi) is 5.57.